The zero-order valence-corrected chi connectivity index (χ0v) is 13.3. The fourth-order valence-electron chi connectivity index (χ4n) is 2.50. The predicted molar refractivity (Wildman–Crippen MR) is 88.2 cm³/mol. The van der Waals surface area contributed by atoms with Crippen LogP contribution in [0.5, 0.6) is 0 Å². The lowest BCUT2D eigenvalue weighted by Crippen LogP contribution is -2.52. The third-order valence-electron chi connectivity index (χ3n) is 3.72. The Morgan fingerprint density at radius 1 is 1.27 bits per heavy atom. The van der Waals surface area contributed by atoms with Crippen LogP contribution in [0.25, 0.3) is 0 Å². The van der Waals surface area contributed by atoms with E-state index in [1.807, 2.05) is 47.4 Å². The molecule has 1 aliphatic heterocycles. The molecule has 0 aliphatic carbocycles. The van der Waals surface area contributed by atoms with Gasteiger partial charge < -0.3 is 10.2 Å². The molecule has 4 nitrogen and oxygen atoms in total. The van der Waals surface area contributed by atoms with Crippen molar-refractivity contribution in [1.82, 2.24) is 15.2 Å². The summed E-state index contributed by atoms with van der Waals surface area (Å²) in [7, 11) is 0. The summed E-state index contributed by atoms with van der Waals surface area (Å²) < 4.78 is 0. The number of rotatable bonds is 3. The minimum absolute atomic E-state index is 0.114. The van der Waals surface area contributed by atoms with Gasteiger partial charge in [0.05, 0.1) is 0 Å². The summed E-state index contributed by atoms with van der Waals surface area (Å²) in [5.41, 5.74) is 0.749. The van der Waals surface area contributed by atoms with Crippen molar-refractivity contribution in [2.75, 3.05) is 19.6 Å². The van der Waals surface area contributed by atoms with E-state index in [1.54, 1.807) is 18.0 Å². The molecule has 2 heterocycles. The minimum atomic E-state index is 0.114. The van der Waals surface area contributed by atoms with E-state index >= 15 is 0 Å². The molecule has 1 amide bonds. The van der Waals surface area contributed by atoms with Crippen molar-refractivity contribution < 1.29 is 4.79 Å². The first-order valence-electron chi connectivity index (χ1n) is 7.44. The molecule has 114 valence electrons. The lowest BCUT2D eigenvalue weighted by molar-refractivity contribution is 0.0655. The Kier molecular flexibility index (Phi) is 4.75. The number of hydrogen-bond donors (Lipinski definition) is 1. The molecule has 0 saturated carbocycles. The van der Waals surface area contributed by atoms with E-state index in [0.717, 1.165) is 35.1 Å². The summed E-state index contributed by atoms with van der Waals surface area (Å²) >= 11 is 1.60. The van der Waals surface area contributed by atoms with Crippen molar-refractivity contribution in [3.63, 3.8) is 0 Å². The largest absolute Gasteiger partial charge is 0.333 e. The van der Waals surface area contributed by atoms with Crippen LogP contribution in [0.4, 0.5) is 0 Å². The monoisotopic (exact) mass is 313 g/mol. The van der Waals surface area contributed by atoms with Crippen LogP contribution < -0.4 is 5.32 Å². The van der Waals surface area contributed by atoms with E-state index < -0.39 is 0 Å². The SMILES string of the molecule is C[C@H]1CNCCN1C(=O)c1ccc(Sc2ccccn2)cc1. The highest BCUT2D eigenvalue weighted by Gasteiger charge is 2.23. The van der Waals surface area contributed by atoms with Gasteiger partial charge in [-0.1, -0.05) is 17.8 Å². The molecule has 1 N–H and O–H groups in total. The fourth-order valence-corrected chi connectivity index (χ4v) is 3.28. The van der Waals surface area contributed by atoms with E-state index in [9.17, 15) is 4.79 Å². The number of nitrogens with one attached hydrogen (secondary N) is 1. The lowest BCUT2D eigenvalue weighted by Gasteiger charge is -2.34. The maximum Gasteiger partial charge on any atom is 0.254 e. The quantitative estimate of drug-likeness (QED) is 0.946. The summed E-state index contributed by atoms with van der Waals surface area (Å²) in [5, 5.41) is 4.26. The molecular weight excluding hydrogens is 294 g/mol. The highest BCUT2D eigenvalue weighted by atomic mass is 32.2. The molecule has 5 heteroatoms. The first kappa shape index (κ1) is 15.1. The van der Waals surface area contributed by atoms with Crippen LogP contribution in [0, 0.1) is 0 Å². The number of hydrogen-bond acceptors (Lipinski definition) is 4. The van der Waals surface area contributed by atoms with Gasteiger partial charge >= 0.3 is 0 Å². The summed E-state index contributed by atoms with van der Waals surface area (Å²) in [6.45, 7) is 4.57. The van der Waals surface area contributed by atoms with Crippen molar-refractivity contribution in [2.45, 2.75) is 22.9 Å². The number of carbonyl (C=O) groups excluding carboxylic acids is 1. The van der Waals surface area contributed by atoms with E-state index in [4.69, 9.17) is 0 Å². The first-order valence-corrected chi connectivity index (χ1v) is 8.26. The number of pyridine rings is 1. The van der Waals surface area contributed by atoms with E-state index in [-0.39, 0.29) is 11.9 Å². The zero-order chi connectivity index (χ0) is 15.4. The van der Waals surface area contributed by atoms with E-state index in [2.05, 4.69) is 17.2 Å². The van der Waals surface area contributed by atoms with Gasteiger partial charge in [-0.2, -0.15) is 0 Å². The van der Waals surface area contributed by atoms with Gasteiger partial charge in [-0.05, 0) is 43.3 Å². The van der Waals surface area contributed by atoms with Crippen LogP contribution in [0.15, 0.2) is 58.6 Å². The second-order valence-corrected chi connectivity index (χ2v) is 6.44. The molecule has 1 saturated heterocycles. The van der Waals surface area contributed by atoms with E-state index in [0.29, 0.717) is 0 Å². The Balaban J connectivity index is 1.69. The molecule has 1 aliphatic rings. The second kappa shape index (κ2) is 6.94. The van der Waals surface area contributed by atoms with Crippen molar-refractivity contribution in [1.29, 1.82) is 0 Å². The Bertz CT molecular complexity index is 630. The second-order valence-electron chi connectivity index (χ2n) is 5.35. The molecule has 0 bridgehead atoms. The number of aromatic nitrogens is 1. The number of piperazine rings is 1. The molecule has 22 heavy (non-hydrogen) atoms. The van der Waals surface area contributed by atoms with Crippen molar-refractivity contribution in [3.05, 3.63) is 54.2 Å². The van der Waals surface area contributed by atoms with Gasteiger partial charge in [-0.15, -0.1) is 0 Å². The maximum atomic E-state index is 12.6. The van der Waals surface area contributed by atoms with Gasteiger partial charge in [-0.25, -0.2) is 4.98 Å². The normalized spacial score (nSPS) is 18.2. The molecule has 1 atom stereocenters. The standard InChI is InChI=1S/C17H19N3OS/c1-13-12-18-10-11-20(13)17(21)14-5-7-15(8-6-14)22-16-4-2-3-9-19-16/h2-9,13,18H,10-12H2,1H3/t13-/m0/s1. The van der Waals surface area contributed by atoms with Crippen LogP contribution in [0.3, 0.4) is 0 Å². The molecule has 2 aromatic rings. The maximum absolute atomic E-state index is 12.6. The van der Waals surface area contributed by atoms with E-state index in [1.165, 1.54) is 0 Å². The molecule has 1 aromatic heterocycles. The number of amides is 1. The highest BCUT2D eigenvalue weighted by Crippen LogP contribution is 2.26. The first-order chi connectivity index (χ1) is 10.7. The summed E-state index contributed by atoms with van der Waals surface area (Å²) in [6, 6.07) is 13.9. The van der Waals surface area contributed by atoms with Gasteiger partial charge in [0.25, 0.3) is 5.91 Å². The van der Waals surface area contributed by atoms with Crippen LogP contribution in [-0.2, 0) is 0 Å². The van der Waals surface area contributed by atoms with Crippen LogP contribution in [0.1, 0.15) is 17.3 Å². The molecule has 0 spiro atoms. The summed E-state index contributed by atoms with van der Waals surface area (Å²) in [4.78, 5) is 19.9. The van der Waals surface area contributed by atoms with Crippen LogP contribution in [-0.4, -0.2) is 41.5 Å². The number of carbonyl (C=O) groups is 1. The Morgan fingerprint density at radius 2 is 2.09 bits per heavy atom. The average Bonchev–Trinajstić information content (AvgIpc) is 2.56. The smallest absolute Gasteiger partial charge is 0.254 e. The number of benzene rings is 1. The Hall–Kier alpha value is -1.85. The van der Waals surface area contributed by atoms with Crippen LogP contribution in [0.2, 0.25) is 0 Å². The predicted octanol–water partition coefficient (Wildman–Crippen LogP) is 2.67. The Morgan fingerprint density at radius 3 is 2.77 bits per heavy atom. The van der Waals surface area contributed by atoms with Crippen molar-refractivity contribution in [2.24, 2.45) is 0 Å². The van der Waals surface area contributed by atoms with Crippen LogP contribution >= 0.6 is 11.8 Å². The van der Waals surface area contributed by atoms with Gasteiger partial charge in [0.2, 0.25) is 0 Å². The zero-order valence-electron chi connectivity index (χ0n) is 12.5. The average molecular weight is 313 g/mol. The molecule has 1 aromatic carbocycles. The highest BCUT2D eigenvalue weighted by molar-refractivity contribution is 7.99. The minimum Gasteiger partial charge on any atom is -0.333 e. The summed E-state index contributed by atoms with van der Waals surface area (Å²) in [6.07, 6.45) is 1.78. The third kappa shape index (κ3) is 3.48. The number of nitrogens with zero attached hydrogens (tertiary/aromatic N) is 2. The molecule has 0 unspecified atom stereocenters. The molecule has 3 rings (SSSR count). The van der Waals surface area contributed by atoms with Crippen molar-refractivity contribution >= 4 is 17.7 Å². The van der Waals surface area contributed by atoms with Gasteiger partial charge in [0, 0.05) is 42.3 Å². The molecular formula is C17H19N3OS. The molecule has 1 fully saturated rings. The lowest BCUT2D eigenvalue weighted by atomic mass is 10.1. The topological polar surface area (TPSA) is 45.2 Å². The van der Waals surface area contributed by atoms with Crippen molar-refractivity contribution in [3.8, 4) is 0 Å². The van der Waals surface area contributed by atoms with Gasteiger partial charge in [-0.3, -0.25) is 4.79 Å². The summed E-state index contributed by atoms with van der Waals surface area (Å²) in [5.74, 6) is 0.114. The third-order valence-corrected chi connectivity index (χ3v) is 4.68. The van der Waals surface area contributed by atoms with Gasteiger partial charge in [0.15, 0.2) is 0 Å². The Labute approximate surface area is 134 Å². The molecule has 0 radical (unpaired) electrons. The fraction of sp³-hybridized carbons (Fsp3) is 0.294. The van der Waals surface area contributed by atoms with Gasteiger partial charge in [0.1, 0.15) is 5.03 Å².